The van der Waals surface area contributed by atoms with Gasteiger partial charge in [0.1, 0.15) is 11.3 Å². The molecular formula is C18H18N2O. The number of anilines is 1. The first kappa shape index (κ1) is 13.4. The van der Waals surface area contributed by atoms with Crippen LogP contribution in [0.4, 0.5) is 5.69 Å². The topological polar surface area (TPSA) is 48.1 Å². The SMILES string of the molecule is Cc1cc(C)c(C)c(Oc2ccc(N)c3cccnc23)c1. The summed E-state index contributed by atoms with van der Waals surface area (Å²) >= 11 is 0. The summed E-state index contributed by atoms with van der Waals surface area (Å²) in [6.45, 7) is 6.23. The number of benzene rings is 2. The van der Waals surface area contributed by atoms with Gasteiger partial charge in [0, 0.05) is 17.3 Å². The van der Waals surface area contributed by atoms with Crippen molar-refractivity contribution >= 4 is 16.6 Å². The van der Waals surface area contributed by atoms with Gasteiger partial charge < -0.3 is 10.5 Å². The average Bonchev–Trinajstić information content (AvgIpc) is 2.47. The molecule has 0 unspecified atom stereocenters. The van der Waals surface area contributed by atoms with Crippen LogP contribution in [0.25, 0.3) is 10.9 Å². The van der Waals surface area contributed by atoms with Gasteiger partial charge >= 0.3 is 0 Å². The first-order chi connectivity index (χ1) is 10.1. The number of nitrogens with zero attached hydrogens (tertiary/aromatic N) is 1. The number of hydrogen-bond acceptors (Lipinski definition) is 3. The quantitative estimate of drug-likeness (QED) is 0.700. The summed E-state index contributed by atoms with van der Waals surface area (Å²) in [4.78, 5) is 4.41. The number of nitrogens with two attached hydrogens (primary N) is 1. The summed E-state index contributed by atoms with van der Waals surface area (Å²) in [6.07, 6.45) is 1.75. The fraction of sp³-hybridized carbons (Fsp3) is 0.167. The van der Waals surface area contributed by atoms with Gasteiger partial charge in [-0.25, -0.2) is 0 Å². The predicted octanol–water partition coefficient (Wildman–Crippen LogP) is 4.53. The van der Waals surface area contributed by atoms with Crippen molar-refractivity contribution in [2.24, 2.45) is 0 Å². The van der Waals surface area contributed by atoms with Crippen molar-refractivity contribution in [1.82, 2.24) is 4.98 Å². The minimum Gasteiger partial charge on any atom is -0.455 e. The number of fused-ring (bicyclic) bond motifs is 1. The highest BCUT2D eigenvalue weighted by Crippen LogP contribution is 2.34. The second kappa shape index (κ2) is 5.09. The Kier molecular flexibility index (Phi) is 3.26. The van der Waals surface area contributed by atoms with E-state index in [0.29, 0.717) is 5.69 Å². The van der Waals surface area contributed by atoms with Crippen LogP contribution >= 0.6 is 0 Å². The molecular weight excluding hydrogens is 260 g/mol. The van der Waals surface area contributed by atoms with Crippen molar-refractivity contribution in [3.63, 3.8) is 0 Å². The molecule has 0 saturated heterocycles. The third-order valence-corrected chi connectivity index (χ3v) is 3.75. The van der Waals surface area contributed by atoms with E-state index < -0.39 is 0 Å². The molecule has 0 aliphatic rings. The number of ether oxygens (including phenoxy) is 1. The Morgan fingerprint density at radius 3 is 2.62 bits per heavy atom. The normalized spacial score (nSPS) is 10.8. The standard InChI is InChI=1S/C18H18N2O/c1-11-9-12(2)13(3)17(10-11)21-16-7-6-15(19)14-5-4-8-20-18(14)16/h4-10H,19H2,1-3H3. The molecule has 3 rings (SSSR count). The minimum absolute atomic E-state index is 0.711. The molecule has 2 N–H and O–H groups in total. The van der Waals surface area contributed by atoms with Crippen molar-refractivity contribution in [3.05, 3.63) is 59.3 Å². The number of pyridine rings is 1. The van der Waals surface area contributed by atoms with Gasteiger partial charge in [-0.3, -0.25) is 4.98 Å². The van der Waals surface area contributed by atoms with Crippen LogP contribution in [0.2, 0.25) is 0 Å². The summed E-state index contributed by atoms with van der Waals surface area (Å²) < 4.78 is 6.12. The van der Waals surface area contributed by atoms with Gasteiger partial charge in [0.2, 0.25) is 0 Å². The van der Waals surface area contributed by atoms with E-state index in [2.05, 4.69) is 31.8 Å². The van der Waals surface area contributed by atoms with E-state index >= 15 is 0 Å². The van der Waals surface area contributed by atoms with Gasteiger partial charge in [0.05, 0.1) is 0 Å². The lowest BCUT2D eigenvalue weighted by Gasteiger charge is -2.14. The summed E-state index contributed by atoms with van der Waals surface area (Å²) in [5.41, 5.74) is 11.0. The Morgan fingerprint density at radius 1 is 1.00 bits per heavy atom. The molecule has 0 atom stereocenters. The van der Waals surface area contributed by atoms with Gasteiger partial charge in [-0.15, -0.1) is 0 Å². The highest BCUT2D eigenvalue weighted by Gasteiger charge is 2.10. The highest BCUT2D eigenvalue weighted by atomic mass is 16.5. The molecule has 1 aromatic heterocycles. The number of aromatic nitrogens is 1. The lowest BCUT2D eigenvalue weighted by molar-refractivity contribution is 0.482. The molecule has 3 nitrogen and oxygen atoms in total. The molecule has 0 radical (unpaired) electrons. The van der Waals surface area contributed by atoms with Gasteiger partial charge in [0.25, 0.3) is 0 Å². The number of rotatable bonds is 2. The Hall–Kier alpha value is -2.55. The van der Waals surface area contributed by atoms with Crippen molar-refractivity contribution in [1.29, 1.82) is 0 Å². The third kappa shape index (κ3) is 2.42. The molecule has 1 heterocycles. The number of hydrogen-bond donors (Lipinski definition) is 1. The lowest BCUT2D eigenvalue weighted by Crippen LogP contribution is -1.95. The van der Waals surface area contributed by atoms with Crippen molar-refractivity contribution in [2.75, 3.05) is 5.73 Å². The molecule has 0 fully saturated rings. The van der Waals surface area contributed by atoms with E-state index in [-0.39, 0.29) is 0 Å². The first-order valence-corrected chi connectivity index (χ1v) is 6.95. The second-order valence-corrected chi connectivity index (χ2v) is 5.36. The van der Waals surface area contributed by atoms with E-state index in [4.69, 9.17) is 10.5 Å². The van der Waals surface area contributed by atoms with E-state index in [1.54, 1.807) is 6.20 Å². The molecule has 0 amide bonds. The molecule has 21 heavy (non-hydrogen) atoms. The fourth-order valence-corrected chi connectivity index (χ4v) is 2.48. The van der Waals surface area contributed by atoms with Gasteiger partial charge in [-0.1, -0.05) is 6.07 Å². The summed E-state index contributed by atoms with van der Waals surface area (Å²) in [7, 11) is 0. The van der Waals surface area contributed by atoms with Crippen molar-refractivity contribution in [2.45, 2.75) is 20.8 Å². The van der Waals surface area contributed by atoms with Crippen LogP contribution < -0.4 is 10.5 Å². The number of aryl methyl sites for hydroxylation is 2. The van der Waals surface area contributed by atoms with Crippen LogP contribution in [0.15, 0.2) is 42.6 Å². The van der Waals surface area contributed by atoms with Gasteiger partial charge in [-0.2, -0.15) is 0 Å². The molecule has 0 bridgehead atoms. The van der Waals surface area contributed by atoms with Crippen LogP contribution in [0, 0.1) is 20.8 Å². The van der Waals surface area contributed by atoms with Gasteiger partial charge in [-0.05, 0) is 67.8 Å². The predicted molar refractivity (Wildman–Crippen MR) is 86.9 cm³/mol. The average molecular weight is 278 g/mol. The third-order valence-electron chi connectivity index (χ3n) is 3.75. The molecule has 0 spiro atoms. The maximum atomic E-state index is 6.12. The smallest absolute Gasteiger partial charge is 0.153 e. The number of nitrogen functional groups attached to an aromatic ring is 1. The van der Waals surface area contributed by atoms with Crippen LogP contribution in [0.3, 0.4) is 0 Å². The zero-order chi connectivity index (χ0) is 15.0. The fourth-order valence-electron chi connectivity index (χ4n) is 2.48. The molecule has 0 saturated carbocycles. The van der Waals surface area contributed by atoms with Crippen LogP contribution in [-0.2, 0) is 0 Å². The molecule has 3 aromatic rings. The van der Waals surface area contributed by atoms with Crippen molar-refractivity contribution < 1.29 is 4.74 Å². The second-order valence-electron chi connectivity index (χ2n) is 5.36. The van der Waals surface area contributed by atoms with Crippen molar-refractivity contribution in [3.8, 4) is 11.5 Å². The first-order valence-electron chi connectivity index (χ1n) is 6.95. The Morgan fingerprint density at radius 2 is 1.81 bits per heavy atom. The Balaban J connectivity index is 2.13. The highest BCUT2D eigenvalue weighted by molar-refractivity contribution is 5.94. The summed E-state index contributed by atoms with van der Waals surface area (Å²) in [5, 5.41) is 0.914. The van der Waals surface area contributed by atoms with Crippen LogP contribution in [0.1, 0.15) is 16.7 Å². The maximum Gasteiger partial charge on any atom is 0.153 e. The van der Waals surface area contributed by atoms with E-state index in [1.165, 1.54) is 11.1 Å². The summed E-state index contributed by atoms with van der Waals surface area (Å²) in [6, 6.07) is 11.8. The van der Waals surface area contributed by atoms with E-state index in [1.807, 2.05) is 30.3 Å². The molecule has 0 aliphatic carbocycles. The van der Waals surface area contributed by atoms with Crippen LogP contribution in [-0.4, -0.2) is 4.98 Å². The Bertz CT molecular complexity index is 825. The van der Waals surface area contributed by atoms with Gasteiger partial charge in [0.15, 0.2) is 5.75 Å². The monoisotopic (exact) mass is 278 g/mol. The zero-order valence-corrected chi connectivity index (χ0v) is 12.5. The molecule has 2 aromatic carbocycles. The molecule has 0 aliphatic heterocycles. The van der Waals surface area contributed by atoms with E-state index in [0.717, 1.165) is 28.0 Å². The minimum atomic E-state index is 0.711. The van der Waals surface area contributed by atoms with E-state index in [9.17, 15) is 0 Å². The Labute approximate surface area is 124 Å². The molecule has 3 heteroatoms. The lowest BCUT2D eigenvalue weighted by atomic mass is 10.1. The maximum absolute atomic E-state index is 6.12. The zero-order valence-electron chi connectivity index (χ0n) is 12.5. The summed E-state index contributed by atoms with van der Waals surface area (Å²) in [5.74, 6) is 1.59. The molecule has 106 valence electrons. The van der Waals surface area contributed by atoms with Crippen LogP contribution in [0.5, 0.6) is 11.5 Å². The largest absolute Gasteiger partial charge is 0.455 e.